The number of pyridine rings is 1. The Kier molecular flexibility index (Phi) is 6.51. The van der Waals surface area contributed by atoms with E-state index in [1.807, 2.05) is 6.92 Å². The van der Waals surface area contributed by atoms with Gasteiger partial charge in [0.2, 0.25) is 0 Å². The summed E-state index contributed by atoms with van der Waals surface area (Å²) >= 11 is 11.8. The second kappa shape index (κ2) is 9.03. The Morgan fingerprint density at radius 3 is 2.91 bits per heavy atom. The summed E-state index contributed by atoms with van der Waals surface area (Å²) in [4.78, 5) is 8.46. The van der Waals surface area contributed by atoms with Crippen LogP contribution in [0, 0.1) is 18.3 Å². The number of thiol groups is 1. The standard InChI is InChI=1S/C19H19ClN6O4S2/c1-9-3-10(11(4-21)22-5-9)19(15(28)13(7-27)30-18(31)16(19)29-2)26-6-12(24-25-26)17-23-14(20)8-32-17/h3,5-6,8,13,15-16,18,27-28,31H,7H2,1-2H3/t13-,15+,16+,18-,19+/m0/s1. The van der Waals surface area contributed by atoms with Crippen molar-refractivity contribution in [2.45, 2.75) is 36.2 Å². The maximum Gasteiger partial charge on any atom is 0.150 e. The van der Waals surface area contributed by atoms with Crippen molar-refractivity contribution in [3.63, 3.8) is 0 Å². The van der Waals surface area contributed by atoms with Crippen molar-refractivity contribution in [1.29, 1.82) is 5.26 Å². The Bertz CT molecular complexity index is 1170. The molecule has 4 heterocycles. The molecule has 2 N–H and O–H groups in total. The zero-order chi connectivity index (χ0) is 23.0. The van der Waals surface area contributed by atoms with Gasteiger partial charge in [0.15, 0.2) is 0 Å². The van der Waals surface area contributed by atoms with Crippen LogP contribution in [-0.2, 0) is 15.0 Å². The number of aromatic nitrogens is 5. The first-order chi connectivity index (χ1) is 15.4. The van der Waals surface area contributed by atoms with Gasteiger partial charge in [-0.3, -0.25) is 0 Å². The van der Waals surface area contributed by atoms with E-state index in [0.29, 0.717) is 21.4 Å². The number of methoxy groups -OCH3 is 1. The summed E-state index contributed by atoms with van der Waals surface area (Å²) < 4.78 is 12.8. The molecule has 0 radical (unpaired) electrons. The van der Waals surface area contributed by atoms with Gasteiger partial charge in [-0.05, 0) is 18.6 Å². The van der Waals surface area contributed by atoms with Crippen LogP contribution in [0.1, 0.15) is 16.8 Å². The lowest BCUT2D eigenvalue weighted by atomic mass is 9.74. The maximum atomic E-state index is 11.5. The first-order valence-corrected chi connectivity index (χ1v) is 11.2. The van der Waals surface area contributed by atoms with Crippen LogP contribution in [0.25, 0.3) is 10.7 Å². The number of aliphatic hydroxyl groups is 2. The predicted octanol–water partition coefficient (Wildman–Crippen LogP) is 1.40. The molecule has 3 aromatic rings. The van der Waals surface area contributed by atoms with Gasteiger partial charge < -0.3 is 19.7 Å². The Labute approximate surface area is 197 Å². The number of nitriles is 1. The lowest BCUT2D eigenvalue weighted by Gasteiger charge is -2.51. The molecule has 1 fully saturated rings. The number of nitrogens with zero attached hydrogens (tertiary/aromatic N) is 6. The van der Waals surface area contributed by atoms with Crippen LogP contribution in [-0.4, -0.2) is 72.6 Å². The molecule has 0 spiro atoms. The second-order valence-corrected chi connectivity index (χ2v) is 8.97. The molecule has 4 rings (SSSR count). The normalized spacial score (nSPS) is 27.9. The molecule has 0 bridgehead atoms. The van der Waals surface area contributed by atoms with Crippen molar-refractivity contribution in [2.24, 2.45) is 0 Å². The minimum Gasteiger partial charge on any atom is -0.394 e. The lowest BCUT2D eigenvalue weighted by Crippen LogP contribution is -2.68. The molecule has 10 nitrogen and oxygen atoms in total. The predicted molar refractivity (Wildman–Crippen MR) is 118 cm³/mol. The molecule has 1 aliphatic rings. The third-order valence-corrected chi connectivity index (χ3v) is 6.95. The Hall–Kier alpha value is -2.11. The van der Waals surface area contributed by atoms with Gasteiger partial charge in [0.05, 0.1) is 12.8 Å². The number of halogens is 1. The molecule has 1 aliphatic heterocycles. The van der Waals surface area contributed by atoms with E-state index in [9.17, 15) is 15.5 Å². The molecule has 1 saturated heterocycles. The van der Waals surface area contributed by atoms with E-state index in [2.05, 4.69) is 39.0 Å². The highest BCUT2D eigenvalue weighted by molar-refractivity contribution is 7.80. The van der Waals surface area contributed by atoms with Gasteiger partial charge in [0.25, 0.3) is 0 Å². The summed E-state index contributed by atoms with van der Waals surface area (Å²) in [7, 11) is 1.44. The average Bonchev–Trinajstić information content (AvgIpc) is 3.44. The van der Waals surface area contributed by atoms with Crippen LogP contribution in [0.2, 0.25) is 5.15 Å². The molecule has 0 aliphatic carbocycles. The monoisotopic (exact) mass is 494 g/mol. The molecular formula is C19H19ClN6O4S2. The molecule has 13 heteroatoms. The maximum absolute atomic E-state index is 11.5. The Morgan fingerprint density at radius 2 is 2.28 bits per heavy atom. The molecule has 0 amide bonds. The van der Waals surface area contributed by atoms with E-state index >= 15 is 0 Å². The third-order valence-electron chi connectivity index (χ3n) is 5.37. The summed E-state index contributed by atoms with van der Waals surface area (Å²) in [6, 6.07) is 3.80. The van der Waals surface area contributed by atoms with Gasteiger partial charge in [0.1, 0.15) is 56.9 Å². The fourth-order valence-corrected chi connectivity index (χ4v) is 5.41. The minimum absolute atomic E-state index is 0.0603. The van der Waals surface area contributed by atoms with E-state index in [1.54, 1.807) is 23.8 Å². The fraction of sp³-hybridized carbons (Fsp3) is 0.421. The molecule has 0 aromatic carbocycles. The number of hydrogen-bond acceptors (Lipinski definition) is 11. The number of rotatable bonds is 5. The van der Waals surface area contributed by atoms with Crippen molar-refractivity contribution >= 4 is 35.6 Å². The Morgan fingerprint density at radius 1 is 1.50 bits per heavy atom. The van der Waals surface area contributed by atoms with Crippen LogP contribution >= 0.6 is 35.6 Å². The molecule has 168 valence electrons. The van der Waals surface area contributed by atoms with Crippen molar-refractivity contribution in [1.82, 2.24) is 25.0 Å². The number of thiazole rings is 1. The number of aliphatic hydroxyl groups excluding tert-OH is 2. The summed E-state index contributed by atoms with van der Waals surface area (Å²) in [5.41, 5.74) is -0.877. The van der Waals surface area contributed by atoms with Crippen molar-refractivity contribution in [3.8, 4) is 16.8 Å². The lowest BCUT2D eigenvalue weighted by molar-refractivity contribution is -0.213. The molecule has 5 atom stereocenters. The summed E-state index contributed by atoms with van der Waals surface area (Å²) in [5.74, 6) is 0. The van der Waals surface area contributed by atoms with Gasteiger partial charge in [0, 0.05) is 24.3 Å². The summed E-state index contributed by atoms with van der Waals surface area (Å²) in [6.45, 7) is 1.31. The van der Waals surface area contributed by atoms with Crippen LogP contribution in [0.3, 0.4) is 0 Å². The third kappa shape index (κ3) is 3.60. The molecule has 0 unspecified atom stereocenters. The smallest absolute Gasteiger partial charge is 0.150 e. The topological polar surface area (TPSA) is 139 Å². The van der Waals surface area contributed by atoms with Gasteiger partial charge in [-0.25, -0.2) is 14.6 Å². The van der Waals surface area contributed by atoms with Crippen LogP contribution in [0.15, 0.2) is 23.8 Å². The number of hydrogen-bond donors (Lipinski definition) is 3. The van der Waals surface area contributed by atoms with Crippen LogP contribution < -0.4 is 0 Å². The molecule has 0 saturated carbocycles. The van der Waals surface area contributed by atoms with E-state index < -0.39 is 35.9 Å². The molecule has 3 aromatic heterocycles. The first-order valence-electron chi connectivity index (χ1n) is 9.43. The van der Waals surface area contributed by atoms with Gasteiger partial charge in [-0.15, -0.1) is 29.1 Å². The van der Waals surface area contributed by atoms with Gasteiger partial charge >= 0.3 is 0 Å². The van der Waals surface area contributed by atoms with Gasteiger partial charge in [-0.1, -0.05) is 16.8 Å². The highest BCUT2D eigenvalue weighted by Gasteiger charge is 2.60. The zero-order valence-corrected chi connectivity index (χ0v) is 19.4. The van der Waals surface area contributed by atoms with Crippen molar-refractivity contribution in [2.75, 3.05) is 13.7 Å². The van der Waals surface area contributed by atoms with E-state index in [1.165, 1.54) is 23.1 Å². The van der Waals surface area contributed by atoms with Crippen molar-refractivity contribution < 1.29 is 19.7 Å². The number of ether oxygens (including phenoxy) is 2. The molecular weight excluding hydrogens is 476 g/mol. The van der Waals surface area contributed by atoms with Crippen LogP contribution in [0.5, 0.6) is 0 Å². The second-order valence-electron chi connectivity index (χ2n) is 7.22. The summed E-state index contributed by atoms with van der Waals surface area (Å²) in [5, 5.41) is 42.3. The highest BCUT2D eigenvalue weighted by atomic mass is 35.5. The fourth-order valence-electron chi connectivity index (χ4n) is 4.01. The van der Waals surface area contributed by atoms with Crippen molar-refractivity contribution in [3.05, 3.63) is 45.8 Å². The number of aryl methyl sites for hydroxylation is 1. The zero-order valence-electron chi connectivity index (χ0n) is 17.0. The SMILES string of the molecule is CO[C@@H]1[C@H](S)O[C@@H](CO)[C@@H](O)[C@@]1(c1cc(C)cnc1C#N)n1cc(-c2nc(Cl)cs2)nn1. The summed E-state index contributed by atoms with van der Waals surface area (Å²) in [6.07, 6.45) is -0.249. The van der Waals surface area contributed by atoms with E-state index in [0.717, 1.165) is 5.56 Å². The molecule has 32 heavy (non-hydrogen) atoms. The Balaban J connectivity index is 2.03. The quantitative estimate of drug-likeness (QED) is 0.449. The first kappa shape index (κ1) is 23.1. The largest absolute Gasteiger partial charge is 0.394 e. The van der Waals surface area contributed by atoms with Gasteiger partial charge in [-0.2, -0.15) is 5.26 Å². The average molecular weight is 495 g/mol. The van der Waals surface area contributed by atoms with E-state index in [-0.39, 0.29) is 5.69 Å². The minimum atomic E-state index is -1.55. The van der Waals surface area contributed by atoms with Crippen LogP contribution in [0.4, 0.5) is 0 Å². The van der Waals surface area contributed by atoms with E-state index in [4.69, 9.17) is 21.1 Å². The highest BCUT2D eigenvalue weighted by Crippen LogP contribution is 2.45.